The van der Waals surface area contributed by atoms with Crippen LogP contribution >= 0.6 is 0 Å². The number of nitriles is 2. The number of para-hydroxylation sites is 6. The Kier molecular flexibility index (Phi) is 5.79. The number of aromatic nitrogens is 2. The maximum atomic E-state index is 10.2. The molecule has 50 heavy (non-hydrogen) atoms. The summed E-state index contributed by atoms with van der Waals surface area (Å²) in [5.41, 5.74) is 10.8. The number of nitrogens with zero attached hydrogens (tertiary/aromatic N) is 6. The molecule has 1 spiro atoms. The van der Waals surface area contributed by atoms with Crippen LogP contribution in [0.4, 0.5) is 34.1 Å². The molecule has 0 bridgehead atoms. The molecule has 0 radical (unpaired) electrons. The van der Waals surface area contributed by atoms with Gasteiger partial charge < -0.3 is 14.5 Å². The summed E-state index contributed by atoms with van der Waals surface area (Å²) in [6.45, 7) is 0. The van der Waals surface area contributed by atoms with Gasteiger partial charge in [-0.05, 0) is 83.9 Å². The molecule has 2 aliphatic heterocycles. The second kappa shape index (κ2) is 10.4. The first kappa shape index (κ1) is 27.9. The molecule has 0 unspecified atom stereocenters. The maximum absolute atomic E-state index is 10.2. The Morgan fingerprint density at radius 3 is 1.62 bits per heavy atom. The van der Waals surface area contributed by atoms with Gasteiger partial charge in [-0.25, -0.2) is 0 Å². The molecule has 0 fully saturated rings. The van der Waals surface area contributed by atoms with E-state index in [1.54, 1.807) is 12.4 Å². The molecule has 7 nitrogen and oxygen atoms in total. The van der Waals surface area contributed by atoms with E-state index in [0.717, 1.165) is 67.9 Å². The number of pyridine rings is 2. The fourth-order valence-electron chi connectivity index (χ4n) is 7.98. The number of hydrogen-bond acceptors (Lipinski definition) is 7. The zero-order chi connectivity index (χ0) is 33.4. The number of benzene rings is 5. The summed E-state index contributed by atoms with van der Waals surface area (Å²) < 4.78 is 6.37. The van der Waals surface area contributed by atoms with E-state index in [1.165, 1.54) is 0 Å². The number of hydrogen-bond donors (Lipinski definition) is 0. The van der Waals surface area contributed by atoms with E-state index in [0.29, 0.717) is 22.5 Å². The van der Waals surface area contributed by atoms with E-state index < -0.39 is 5.41 Å². The summed E-state index contributed by atoms with van der Waals surface area (Å²) in [5.74, 6) is 1.52. The van der Waals surface area contributed by atoms with Crippen LogP contribution in [0.2, 0.25) is 0 Å². The first-order valence-electron chi connectivity index (χ1n) is 16.3. The standard InChI is InChI=1S/C43H24N6O/c44-23-27-20-33-41(46-25-27)42-34(21-28(24-45)26-47-42)43(33)31-12-4-5-13-35(31)48(29-10-2-1-3-11-29)36-19-18-30(22-32(36)43)49-37-14-6-8-16-39(37)50-40-17-9-7-15-38(40)49/h1-22,25-26H. The average Bonchev–Trinajstić information content (AvgIpc) is 3.46. The van der Waals surface area contributed by atoms with Crippen LogP contribution in [0.25, 0.3) is 11.4 Å². The average molecular weight is 641 g/mol. The summed E-state index contributed by atoms with van der Waals surface area (Å²) in [5, 5.41) is 20.3. The molecule has 7 heteroatoms. The Labute approximate surface area is 288 Å². The van der Waals surface area contributed by atoms with Crippen LogP contribution in [-0.2, 0) is 5.41 Å². The zero-order valence-corrected chi connectivity index (χ0v) is 26.4. The van der Waals surface area contributed by atoms with Gasteiger partial charge in [-0.3, -0.25) is 9.97 Å². The third-order valence-electron chi connectivity index (χ3n) is 9.94. The van der Waals surface area contributed by atoms with Gasteiger partial charge in [0.1, 0.15) is 12.1 Å². The quantitative estimate of drug-likeness (QED) is 0.186. The lowest BCUT2D eigenvalue weighted by atomic mass is 9.64. The molecule has 1 aliphatic carbocycles. The monoisotopic (exact) mass is 640 g/mol. The Bertz CT molecular complexity index is 2530. The van der Waals surface area contributed by atoms with Gasteiger partial charge in [-0.1, -0.05) is 60.7 Å². The molecular weight excluding hydrogens is 617 g/mol. The van der Waals surface area contributed by atoms with Crippen LogP contribution in [-0.4, -0.2) is 9.97 Å². The Morgan fingerprint density at radius 1 is 0.480 bits per heavy atom. The summed E-state index contributed by atoms with van der Waals surface area (Å²) in [6, 6.07) is 49.9. The molecule has 0 amide bonds. The van der Waals surface area contributed by atoms with Crippen molar-refractivity contribution in [2.24, 2.45) is 0 Å². The Morgan fingerprint density at radius 2 is 1.00 bits per heavy atom. The van der Waals surface area contributed by atoms with Crippen LogP contribution in [0, 0.1) is 22.7 Å². The molecule has 7 aromatic rings. The first-order valence-corrected chi connectivity index (χ1v) is 16.3. The number of anilines is 6. The number of ether oxygens (including phenoxy) is 1. The van der Waals surface area contributed by atoms with Gasteiger partial charge in [-0.15, -0.1) is 0 Å². The summed E-state index contributed by atoms with van der Waals surface area (Å²) in [4.78, 5) is 14.3. The molecule has 10 rings (SSSR count). The first-order chi connectivity index (χ1) is 24.7. The normalized spacial score (nSPS) is 13.8. The van der Waals surface area contributed by atoms with Crippen molar-refractivity contribution in [2.45, 2.75) is 5.41 Å². The van der Waals surface area contributed by atoms with Crippen LogP contribution < -0.4 is 14.5 Å². The summed E-state index contributed by atoms with van der Waals surface area (Å²) in [7, 11) is 0. The van der Waals surface area contributed by atoms with E-state index in [2.05, 4.69) is 76.5 Å². The second-order valence-corrected chi connectivity index (χ2v) is 12.5. The highest BCUT2D eigenvalue weighted by Crippen LogP contribution is 2.64. The van der Waals surface area contributed by atoms with Gasteiger partial charge in [0.15, 0.2) is 11.5 Å². The fourth-order valence-corrected chi connectivity index (χ4v) is 7.98. The molecule has 232 valence electrons. The van der Waals surface area contributed by atoms with Crippen molar-refractivity contribution >= 4 is 34.1 Å². The molecule has 0 atom stereocenters. The molecular formula is C43H24N6O. The Hall–Kier alpha value is -7.22. The fraction of sp³-hybridized carbons (Fsp3) is 0.0233. The van der Waals surface area contributed by atoms with Gasteiger partial charge in [0.05, 0.1) is 50.7 Å². The van der Waals surface area contributed by atoms with Crippen molar-refractivity contribution in [3.05, 3.63) is 179 Å². The highest BCUT2D eigenvalue weighted by Gasteiger charge is 2.53. The lowest BCUT2D eigenvalue weighted by molar-refractivity contribution is 0.477. The molecule has 0 N–H and O–H groups in total. The molecule has 0 saturated carbocycles. The minimum Gasteiger partial charge on any atom is -0.453 e. The van der Waals surface area contributed by atoms with Crippen molar-refractivity contribution in [1.82, 2.24) is 9.97 Å². The SMILES string of the molecule is N#Cc1cnc2c(c1)C1(c3ccccc3N(c3ccccc3)c3ccc(N4c5ccccc5Oc5ccccc54)cc31)c1cc(C#N)cnc1-2. The highest BCUT2D eigenvalue weighted by molar-refractivity contribution is 5.96. The summed E-state index contributed by atoms with van der Waals surface area (Å²) in [6.07, 6.45) is 3.21. The zero-order valence-electron chi connectivity index (χ0n) is 26.4. The van der Waals surface area contributed by atoms with E-state index >= 15 is 0 Å². The van der Waals surface area contributed by atoms with Gasteiger partial charge in [0, 0.05) is 34.9 Å². The molecule has 5 aromatic carbocycles. The van der Waals surface area contributed by atoms with Crippen LogP contribution in [0.5, 0.6) is 11.5 Å². The lowest BCUT2D eigenvalue weighted by Crippen LogP contribution is -2.36. The van der Waals surface area contributed by atoms with Crippen LogP contribution in [0.1, 0.15) is 33.4 Å². The van der Waals surface area contributed by atoms with Crippen molar-refractivity contribution in [1.29, 1.82) is 10.5 Å². The van der Waals surface area contributed by atoms with Crippen molar-refractivity contribution in [3.63, 3.8) is 0 Å². The van der Waals surface area contributed by atoms with Crippen molar-refractivity contribution < 1.29 is 4.74 Å². The van der Waals surface area contributed by atoms with E-state index in [-0.39, 0.29) is 0 Å². The van der Waals surface area contributed by atoms with Gasteiger partial charge >= 0.3 is 0 Å². The highest BCUT2D eigenvalue weighted by atomic mass is 16.5. The topological polar surface area (TPSA) is 89.1 Å². The molecule has 2 aromatic heterocycles. The number of fused-ring (bicyclic) bond motifs is 11. The Balaban J connectivity index is 1.36. The minimum atomic E-state index is -0.955. The predicted octanol–water partition coefficient (Wildman–Crippen LogP) is 9.94. The van der Waals surface area contributed by atoms with Gasteiger partial charge in [0.25, 0.3) is 0 Å². The smallest absolute Gasteiger partial charge is 0.151 e. The third-order valence-corrected chi connectivity index (χ3v) is 9.94. The van der Waals surface area contributed by atoms with Crippen LogP contribution in [0.15, 0.2) is 146 Å². The minimum absolute atomic E-state index is 0.452. The van der Waals surface area contributed by atoms with Crippen LogP contribution in [0.3, 0.4) is 0 Å². The molecule has 4 heterocycles. The maximum Gasteiger partial charge on any atom is 0.151 e. The largest absolute Gasteiger partial charge is 0.453 e. The van der Waals surface area contributed by atoms with E-state index in [9.17, 15) is 10.5 Å². The van der Waals surface area contributed by atoms with E-state index in [4.69, 9.17) is 14.7 Å². The van der Waals surface area contributed by atoms with E-state index in [1.807, 2.05) is 78.9 Å². The van der Waals surface area contributed by atoms with Crippen molar-refractivity contribution in [3.8, 4) is 35.0 Å². The van der Waals surface area contributed by atoms with Crippen molar-refractivity contribution in [2.75, 3.05) is 9.80 Å². The lowest BCUT2D eigenvalue weighted by Gasteiger charge is -2.45. The third kappa shape index (κ3) is 3.66. The predicted molar refractivity (Wildman–Crippen MR) is 192 cm³/mol. The van der Waals surface area contributed by atoms with Gasteiger partial charge in [0.2, 0.25) is 0 Å². The number of rotatable bonds is 2. The molecule has 0 saturated heterocycles. The summed E-state index contributed by atoms with van der Waals surface area (Å²) >= 11 is 0. The second-order valence-electron chi connectivity index (χ2n) is 12.5. The molecule has 3 aliphatic rings. The van der Waals surface area contributed by atoms with Gasteiger partial charge in [-0.2, -0.15) is 10.5 Å².